The van der Waals surface area contributed by atoms with E-state index in [0.717, 1.165) is 19.4 Å². The summed E-state index contributed by atoms with van der Waals surface area (Å²) in [6.45, 7) is 1.10. The quantitative estimate of drug-likeness (QED) is 0.704. The van der Waals surface area contributed by atoms with Crippen LogP contribution in [0.4, 0.5) is 0 Å². The van der Waals surface area contributed by atoms with Crippen LogP contribution in [-0.4, -0.2) is 58.8 Å². The third-order valence-corrected chi connectivity index (χ3v) is 3.29. The third-order valence-electron chi connectivity index (χ3n) is 3.29. The summed E-state index contributed by atoms with van der Waals surface area (Å²) < 4.78 is 5.64. The fourth-order valence-electron chi connectivity index (χ4n) is 2.46. The van der Waals surface area contributed by atoms with Crippen molar-refractivity contribution in [3.05, 3.63) is 12.3 Å². The number of aliphatic imine (C=N–C) groups is 1. The molecule has 0 aliphatic carbocycles. The Labute approximate surface area is 99.2 Å². The first-order valence-electron chi connectivity index (χ1n) is 5.85. The highest BCUT2D eigenvalue weighted by Gasteiger charge is 2.42. The van der Waals surface area contributed by atoms with Crippen LogP contribution in [0.25, 0.3) is 0 Å². The van der Waals surface area contributed by atoms with Crippen LogP contribution in [0.5, 0.6) is 0 Å². The van der Waals surface area contributed by atoms with Crippen molar-refractivity contribution in [1.29, 1.82) is 0 Å². The molecule has 0 aromatic rings. The van der Waals surface area contributed by atoms with Crippen LogP contribution in [-0.2, 0) is 9.53 Å². The second kappa shape index (κ2) is 4.12. The first-order chi connectivity index (χ1) is 8.29. The molecule has 0 spiro atoms. The molecule has 0 bridgehead atoms. The number of ether oxygens (including phenoxy) is 1. The monoisotopic (exact) mass is 237 g/mol. The Kier molecular flexibility index (Phi) is 2.60. The summed E-state index contributed by atoms with van der Waals surface area (Å²) in [5.74, 6) is 0.706. The van der Waals surface area contributed by atoms with Crippen LogP contribution in [0.3, 0.4) is 0 Å². The molecule has 2 atom stereocenters. The molecule has 92 valence electrons. The van der Waals surface area contributed by atoms with Gasteiger partial charge in [-0.3, -0.25) is 9.69 Å². The van der Waals surface area contributed by atoms with Crippen LogP contribution in [0.2, 0.25) is 0 Å². The molecule has 0 saturated carbocycles. The lowest BCUT2D eigenvalue weighted by atomic mass is 10.2. The molecule has 17 heavy (non-hydrogen) atoms. The van der Waals surface area contributed by atoms with E-state index in [0.29, 0.717) is 12.5 Å². The van der Waals surface area contributed by atoms with E-state index in [2.05, 4.69) is 4.99 Å². The SMILES string of the molecule is O=C1CN2CC=CN=C2N1[C@@H]1CC[C@@H](CO)O1. The number of carbonyl (C=O) groups is 1. The van der Waals surface area contributed by atoms with E-state index in [1.807, 2.05) is 11.0 Å². The smallest absolute Gasteiger partial charge is 0.251 e. The lowest BCUT2D eigenvalue weighted by molar-refractivity contribution is -0.134. The molecule has 6 heteroatoms. The number of fused-ring (bicyclic) bond motifs is 1. The Morgan fingerprint density at radius 2 is 2.41 bits per heavy atom. The lowest BCUT2D eigenvalue weighted by Crippen LogP contribution is -2.43. The summed E-state index contributed by atoms with van der Waals surface area (Å²) in [7, 11) is 0. The minimum atomic E-state index is -0.269. The zero-order chi connectivity index (χ0) is 11.8. The van der Waals surface area contributed by atoms with Gasteiger partial charge in [0.25, 0.3) is 5.91 Å². The van der Waals surface area contributed by atoms with E-state index >= 15 is 0 Å². The average molecular weight is 237 g/mol. The van der Waals surface area contributed by atoms with Crippen molar-refractivity contribution in [1.82, 2.24) is 9.80 Å². The average Bonchev–Trinajstić information content (AvgIpc) is 2.91. The predicted octanol–water partition coefficient (Wildman–Crippen LogP) is -0.489. The molecule has 1 amide bonds. The first-order valence-corrected chi connectivity index (χ1v) is 5.85. The van der Waals surface area contributed by atoms with Crippen molar-refractivity contribution in [3.8, 4) is 0 Å². The Morgan fingerprint density at radius 3 is 3.18 bits per heavy atom. The second-order valence-electron chi connectivity index (χ2n) is 4.43. The van der Waals surface area contributed by atoms with Gasteiger partial charge in [-0.05, 0) is 18.9 Å². The Balaban J connectivity index is 1.80. The van der Waals surface area contributed by atoms with Crippen LogP contribution < -0.4 is 0 Å². The minimum absolute atomic E-state index is 0.00856. The molecule has 0 unspecified atom stereocenters. The van der Waals surface area contributed by atoms with Crippen LogP contribution in [0.1, 0.15) is 12.8 Å². The van der Waals surface area contributed by atoms with Crippen molar-refractivity contribution in [2.45, 2.75) is 25.2 Å². The number of guanidine groups is 1. The number of carbonyl (C=O) groups excluding carboxylic acids is 1. The molecule has 3 heterocycles. The number of nitrogens with zero attached hydrogens (tertiary/aromatic N) is 3. The van der Waals surface area contributed by atoms with Gasteiger partial charge in [0.2, 0.25) is 5.96 Å². The fraction of sp³-hybridized carbons (Fsp3) is 0.636. The maximum atomic E-state index is 12.0. The molecule has 3 aliphatic heterocycles. The number of hydrogen-bond acceptors (Lipinski definition) is 5. The highest BCUT2D eigenvalue weighted by molar-refractivity contribution is 6.05. The van der Waals surface area contributed by atoms with E-state index in [1.54, 1.807) is 11.1 Å². The van der Waals surface area contributed by atoms with E-state index in [-0.39, 0.29) is 24.8 Å². The molecule has 0 aromatic carbocycles. The number of hydrogen-bond donors (Lipinski definition) is 1. The Morgan fingerprint density at radius 1 is 1.53 bits per heavy atom. The van der Waals surface area contributed by atoms with Gasteiger partial charge in [-0.1, -0.05) is 0 Å². The second-order valence-corrected chi connectivity index (χ2v) is 4.43. The maximum Gasteiger partial charge on any atom is 0.251 e. The summed E-state index contributed by atoms with van der Waals surface area (Å²) in [5.41, 5.74) is 0. The van der Waals surface area contributed by atoms with Gasteiger partial charge in [-0.25, -0.2) is 4.99 Å². The van der Waals surface area contributed by atoms with Crippen LogP contribution >= 0.6 is 0 Å². The van der Waals surface area contributed by atoms with Gasteiger partial charge in [0.05, 0.1) is 12.7 Å². The number of amides is 1. The normalized spacial score (nSPS) is 32.1. The van der Waals surface area contributed by atoms with Gasteiger partial charge < -0.3 is 14.7 Å². The summed E-state index contributed by atoms with van der Waals surface area (Å²) in [6, 6.07) is 0. The fourth-order valence-corrected chi connectivity index (χ4v) is 2.46. The molecule has 0 radical (unpaired) electrons. The molecule has 2 fully saturated rings. The Hall–Kier alpha value is -1.40. The zero-order valence-corrected chi connectivity index (χ0v) is 9.45. The van der Waals surface area contributed by atoms with Gasteiger partial charge >= 0.3 is 0 Å². The first kappa shape index (κ1) is 10.7. The van der Waals surface area contributed by atoms with Crippen LogP contribution in [0.15, 0.2) is 17.3 Å². The van der Waals surface area contributed by atoms with E-state index in [9.17, 15) is 4.79 Å². The van der Waals surface area contributed by atoms with Crippen molar-refractivity contribution >= 4 is 11.9 Å². The standard InChI is InChI=1S/C11H15N3O3/c15-7-8-2-3-10(17-8)14-9(16)6-13-5-1-4-12-11(13)14/h1,4,8,10,15H,2-3,5-7H2/t8-,10-/m0/s1. The molecule has 3 aliphatic rings. The molecule has 6 nitrogen and oxygen atoms in total. The number of aliphatic hydroxyl groups excluding tert-OH is 1. The molecule has 2 saturated heterocycles. The molecular weight excluding hydrogens is 222 g/mol. The maximum absolute atomic E-state index is 12.0. The number of rotatable bonds is 2. The van der Waals surface area contributed by atoms with Gasteiger partial charge in [0.1, 0.15) is 12.8 Å². The zero-order valence-electron chi connectivity index (χ0n) is 9.45. The predicted molar refractivity (Wildman–Crippen MR) is 60.0 cm³/mol. The van der Waals surface area contributed by atoms with E-state index in [4.69, 9.17) is 9.84 Å². The van der Waals surface area contributed by atoms with Crippen LogP contribution in [0, 0.1) is 0 Å². The summed E-state index contributed by atoms with van der Waals surface area (Å²) in [6.07, 6.45) is 4.76. The highest BCUT2D eigenvalue weighted by Crippen LogP contribution is 2.27. The molecule has 0 aromatic heterocycles. The summed E-state index contributed by atoms with van der Waals surface area (Å²) in [4.78, 5) is 19.8. The topological polar surface area (TPSA) is 65.4 Å². The van der Waals surface area contributed by atoms with Crippen molar-refractivity contribution < 1.29 is 14.6 Å². The van der Waals surface area contributed by atoms with Crippen molar-refractivity contribution in [2.75, 3.05) is 19.7 Å². The van der Waals surface area contributed by atoms with E-state index < -0.39 is 0 Å². The molecule has 1 N–H and O–H groups in total. The van der Waals surface area contributed by atoms with Gasteiger partial charge in [0, 0.05) is 12.7 Å². The minimum Gasteiger partial charge on any atom is -0.394 e. The van der Waals surface area contributed by atoms with Crippen molar-refractivity contribution in [3.63, 3.8) is 0 Å². The van der Waals surface area contributed by atoms with Gasteiger partial charge in [-0.15, -0.1) is 0 Å². The Bertz CT molecular complexity index is 393. The highest BCUT2D eigenvalue weighted by atomic mass is 16.5. The number of aliphatic hydroxyl groups is 1. The lowest BCUT2D eigenvalue weighted by Gasteiger charge is -2.26. The molecule has 3 rings (SSSR count). The third kappa shape index (κ3) is 1.73. The summed E-state index contributed by atoms with van der Waals surface area (Å²) in [5, 5.41) is 9.04. The summed E-state index contributed by atoms with van der Waals surface area (Å²) >= 11 is 0. The van der Waals surface area contributed by atoms with E-state index in [1.165, 1.54) is 0 Å². The molecular formula is C11H15N3O3. The van der Waals surface area contributed by atoms with Gasteiger partial charge in [0.15, 0.2) is 0 Å². The van der Waals surface area contributed by atoms with Crippen molar-refractivity contribution in [2.24, 2.45) is 4.99 Å². The van der Waals surface area contributed by atoms with Gasteiger partial charge in [-0.2, -0.15) is 0 Å². The largest absolute Gasteiger partial charge is 0.394 e.